The molecule has 4 nitrogen and oxygen atoms in total. The fourth-order valence-corrected chi connectivity index (χ4v) is 0.472. The number of carbonyl (C=O) groups excluding carboxylic acids is 1. The first kappa shape index (κ1) is 5.81. The van der Waals surface area contributed by atoms with Gasteiger partial charge in [-0.15, -0.1) is 0 Å². The molecule has 1 rings (SSSR count). The van der Waals surface area contributed by atoms with Crippen LogP contribution in [0, 0.1) is 6.92 Å². The summed E-state index contributed by atoms with van der Waals surface area (Å²) in [6, 6.07) is 0.238. The van der Waals surface area contributed by atoms with Crippen LogP contribution in [0.4, 0.5) is 6.01 Å². The quantitative estimate of drug-likeness (QED) is 0.589. The molecule has 9 heavy (non-hydrogen) atoms. The van der Waals surface area contributed by atoms with E-state index in [1.807, 2.05) is 0 Å². The highest BCUT2D eigenvalue weighted by atomic mass is 16.4. The molecule has 0 unspecified atom stereocenters. The molecule has 0 spiro atoms. The van der Waals surface area contributed by atoms with Crippen molar-refractivity contribution in [1.29, 1.82) is 0 Å². The number of aryl methyl sites for hydroxylation is 1. The second kappa shape index (κ2) is 2.30. The molecule has 48 valence electrons. The standard InChI is InChI=1S/C5H6N2O2/c1-4-2-6-5(9-4)7-3-8/h2-3H,1H3,(H,6,7,8). The minimum atomic E-state index is 0.238. The maximum Gasteiger partial charge on any atom is 0.301 e. The molecular formula is C5H6N2O2. The summed E-state index contributed by atoms with van der Waals surface area (Å²) in [5.74, 6) is 0.680. The Morgan fingerprint density at radius 1 is 1.89 bits per heavy atom. The maximum absolute atomic E-state index is 9.77. The third kappa shape index (κ3) is 1.28. The number of aromatic nitrogens is 1. The van der Waals surface area contributed by atoms with Gasteiger partial charge in [0, 0.05) is 0 Å². The Morgan fingerprint density at radius 3 is 3.11 bits per heavy atom. The van der Waals surface area contributed by atoms with Crippen LogP contribution in [0.2, 0.25) is 0 Å². The summed E-state index contributed by atoms with van der Waals surface area (Å²) < 4.78 is 4.87. The fourth-order valence-electron chi connectivity index (χ4n) is 0.472. The highest BCUT2D eigenvalue weighted by Crippen LogP contribution is 2.04. The third-order valence-electron chi connectivity index (χ3n) is 0.804. The zero-order valence-corrected chi connectivity index (χ0v) is 4.92. The number of carbonyl (C=O) groups is 1. The summed E-state index contributed by atoms with van der Waals surface area (Å²) >= 11 is 0. The summed E-state index contributed by atoms with van der Waals surface area (Å²) in [5.41, 5.74) is 0. The second-order valence-electron chi connectivity index (χ2n) is 1.54. The molecule has 0 aromatic carbocycles. The lowest BCUT2D eigenvalue weighted by Crippen LogP contribution is -1.92. The zero-order chi connectivity index (χ0) is 6.69. The van der Waals surface area contributed by atoms with E-state index in [2.05, 4.69) is 10.3 Å². The van der Waals surface area contributed by atoms with E-state index in [1.54, 1.807) is 6.92 Å². The molecule has 0 aliphatic carbocycles. The topological polar surface area (TPSA) is 55.1 Å². The van der Waals surface area contributed by atoms with Gasteiger partial charge < -0.3 is 4.42 Å². The number of oxazole rings is 1. The van der Waals surface area contributed by atoms with Crippen molar-refractivity contribution in [3.63, 3.8) is 0 Å². The highest BCUT2D eigenvalue weighted by molar-refractivity contribution is 5.65. The van der Waals surface area contributed by atoms with Gasteiger partial charge in [0.25, 0.3) is 0 Å². The molecule has 0 saturated carbocycles. The summed E-state index contributed by atoms with van der Waals surface area (Å²) in [5, 5.41) is 2.27. The van der Waals surface area contributed by atoms with Gasteiger partial charge in [0.2, 0.25) is 6.41 Å². The lowest BCUT2D eigenvalue weighted by atomic mass is 10.6. The van der Waals surface area contributed by atoms with Crippen molar-refractivity contribution in [2.75, 3.05) is 5.32 Å². The van der Waals surface area contributed by atoms with E-state index in [1.165, 1.54) is 6.20 Å². The number of hydrogen-bond donors (Lipinski definition) is 1. The average molecular weight is 126 g/mol. The lowest BCUT2D eigenvalue weighted by Gasteiger charge is -1.84. The van der Waals surface area contributed by atoms with E-state index >= 15 is 0 Å². The SMILES string of the molecule is Cc1cnc(NC=O)o1. The molecule has 0 fully saturated rings. The Balaban J connectivity index is 2.72. The lowest BCUT2D eigenvalue weighted by molar-refractivity contribution is -0.105. The number of nitrogens with zero attached hydrogens (tertiary/aromatic N) is 1. The molecule has 0 aliphatic rings. The van der Waals surface area contributed by atoms with Crippen LogP contribution in [-0.2, 0) is 4.79 Å². The number of rotatable bonds is 2. The van der Waals surface area contributed by atoms with E-state index in [-0.39, 0.29) is 6.01 Å². The van der Waals surface area contributed by atoms with Crippen molar-refractivity contribution in [3.8, 4) is 0 Å². The number of anilines is 1. The molecule has 0 bridgehead atoms. The third-order valence-corrected chi connectivity index (χ3v) is 0.804. The van der Waals surface area contributed by atoms with E-state index in [0.29, 0.717) is 12.2 Å². The molecule has 0 radical (unpaired) electrons. The summed E-state index contributed by atoms with van der Waals surface area (Å²) in [6.07, 6.45) is 2.05. The molecule has 1 amide bonds. The molecule has 4 heteroatoms. The van der Waals surface area contributed by atoms with Gasteiger partial charge in [0.1, 0.15) is 5.76 Å². The minimum Gasteiger partial charge on any atom is -0.429 e. The van der Waals surface area contributed by atoms with Crippen molar-refractivity contribution in [2.24, 2.45) is 0 Å². The van der Waals surface area contributed by atoms with Gasteiger partial charge in [-0.3, -0.25) is 10.1 Å². The van der Waals surface area contributed by atoms with Crippen molar-refractivity contribution in [3.05, 3.63) is 12.0 Å². The van der Waals surface area contributed by atoms with Crippen LogP contribution < -0.4 is 5.32 Å². The van der Waals surface area contributed by atoms with Gasteiger partial charge in [-0.2, -0.15) is 0 Å². The largest absolute Gasteiger partial charge is 0.429 e. The van der Waals surface area contributed by atoms with Crippen LogP contribution in [-0.4, -0.2) is 11.4 Å². The van der Waals surface area contributed by atoms with E-state index in [0.717, 1.165) is 0 Å². The van der Waals surface area contributed by atoms with Crippen LogP contribution in [0.1, 0.15) is 5.76 Å². The number of nitrogens with one attached hydrogen (secondary N) is 1. The first-order valence-electron chi connectivity index (χ1n) is 2.45. The number of amides is 1. The average Bonchev–Trinajstić information content (AvgIpc) is 2.17. The van der Waals surface area contributed by atoms with E-state index in [9.17, 15) is 4.79 Å². The maximum atomic E-state index is 9.77. The van der Waals surface area contributed by atoms with E-state index < -0.39 is 0 Å². The smallest absolute Gasteiger partial charge is 0.301 e. The monoisotopic (exact) mass is 126 g/mol. The predicted octanol–water partition coefficient (Wildman–Crippen LogP) is 0.551. The van der Waals surface area contributed by atoms with E-state index in [4.69, 9.17) is 4.42 Å². The molecule has 0 aliphatic heterocycles. The van der Waals surface area contributed by atoms with Gasteiger partial charge in [0.15, 0.2) is 0 Å². The van der Waals surface area contributed by atoms with Crippen LogP contribution in [0.15, 0.2) is 10.6 Å². The van der Waals surface area contributed by atoms with Gasteiger partial charge in [0.05, 0.1) is 6.20 Å². The Labute approximate surface area is 51.9 Å². The Kier molecular flexibility index (Phi) is 1.48. The Hall–Kier alpha value is -1.32. The molecule has 0 atom stereocenters. The van der Waals surface area contributed by atoms with Crippen molar-refractivity contribution in [1.82, 2.24) is 4.98 Å². The van der Waals surface area contributed by atoms with Crippen LogP contribution in [0.3, 0.4) is 0 Å². The van der Waals surface area contributed by atoms with Gasteiger partial charge >= 0.3 is 6.01 Å². The molecule has 1 aromatic heterocycles. The second-order valence-corrected chi connectivity index (χ2v) is 1.54. The van der Waals surface area contributed by atoms with Gasteiger partial charge in [-0.05, 0) is 6.92 Å². The summed E-state index contributed by atoms with van der Waals surface area (Å²) in [6.45, 7) is 1.75. The van der Waals surface area contributed by atoms with Crippen LogP contribution in [0.25, 0.3) is 0 Å². The molecule has 0 saturated heterocycles. The zero-order valence-electron chi connectivity index (χ0n) is 4.92. The normalized spacial score (nSPS) is 9.00. The molecule has 1 aromatic rings. The van der Waals surface area contributed by atoms with Gasteiger partial charge in [-0.25, -0.2) is 4.98 Å². The Bertz CT molecular complexity index is 206. The Morgan fingerprint density at radius 2 is 2.67 bits per heavy atom. The summed E-state index contributed by atoms with van der Waals surface area (Å²) in [4.78, 5) is 13.5. The molecule has 1 heterocycles. The molecule has 1 N–H and O–H groups in total. The van der Waals surface area contributed by atoms with Crippen molar-refractivity contribution in [2.45, 2.75) is 6.92 Å². The highest BCUT2D eigenvalue weighted by Gasteiger charge is 1.94. The van der Waals surface area contributed by atoms with Crippen molar-refractivity contribution >= 4 is 12.4 Å². The summed E-state index contributed by atoms with van der Waals surface area (Å²) in [7, 11) is 0. The number of hydrogen-bond acceptors (Lipinski definition) is 3. The predicted molar refractivity (Wildman–Crippen MR) is 30.9 cm³/mol. The van der Waals surface area contributed by atoms with Crippen molar-refractivity contribution < 1.29 is 9.21 Å². The van der Waals surface area contributed by atoms with Crippen LogP contribution >= 0.6 is 0 Å². The first-order chi connectivity index (χ1) is 4.33. The van der Waals surface area contributed by atoms with Gasteiger partial charge in [-0.1, -0.05) is 0 Å². The van der Waals surface area contributed by atoms with Crippen LogP contribution in [0.5, 0.6) is 0 Å². The molecular weight excluding hydrogens is 120 g/mol. The minimum absolute atomic E-state index is 0.238. The fraction of sp³-hybridized carbons (Fsp3) is 0.200. The first-order valence-corrected chi connectivity index (χ1v) is 2.45.